The van der Waals surface area contributed by atoms with Crippen molar-refractivity contribution in [2.75, 3.05) is 26.2 Å². The number of nitrogens with one attached hydrogen (secondary N) is 1. The highest BCUT2D eigenvalue weighted by Crippen LogP contribution is 2.18. The first-order valence-corrected chi connectivity index (χ1v) is 7.66. The summed E-state index contributed by atoms with van der Waals surface area (Å²) in [5, 5.41) is 2.65. The van der Waals surface area contributed by atoms with E-state index in [4.69, 9.17) is 5.73 Å². The first kappa shape index (κ1) is 17.4. The van der Waals surface area contributed by atoms with Gasteiger partial charge in [0.25, 0.3) is 5.91 Å². The highest BCUT2D eigenvalue weighted by Gasteiger charge is 2.24. The fraction of sp³-hybridized carbons (Fsp3) is 0.600. The van der Waals surface area contributed by atoms with E-state index in [2.05, 4.69) is 10.2 Å². The van der Waals surface area contributed by atoms with Crippen molar-refractivity contribution >= 4 is 11.8 Å². The third kappa shape index (κ3) is 4.28. The quantitative estimate of drug-likeness (QED) is 0.821. The second-order valence-electron chi connectivity index (χ2n) is 5.81. The number of nitrogens with zero attached hydrogens (tertiary/aromatic N) is 2. The number of primary amides is 1. The maximum absolute atomic E-state index is 12.9. The van der Waals surface area contributed by atoms with Gasteiger partial charge in [-0.2, -0.15) is 8.78 Å². The fourth-order valence-electron chi connectivity index (χ4n) is 2.90. The maximum Gasteiger partial charge on any atom is 0.319 e. The Hall–Kier alpha value is -1.96. The molecule has 2 amide bonds. The number of hydrogen-bond acceptors (Lipinski definition) is 3. The molecule has 1 saturated heterocycles. The minimum atomic E-state index is -2.75. The van der Waals surface area contributed by atoms with Gasteiger partial charge >= 0.3 is 6.55 Å². The molecule has 1 fully saturated rings. The van der Waals surface area contributed by atoms with Crippen LogP contribution in [0.5, 0.6) is 0 Å². The first-order valence-electron chi connectivity index (χ1n) is 7.66. The van der Waals surface area contributed by atoms with Crippen LogP contribution in [0.2, 0.25) is 0 Å². The lowest BCUT2D eigenvalue weighted by Gasteiger charge is -2.31. The van der Waals surface area contributed by atoms with Gasteiger partial charge in [0.1, 0.15) is 5.69 Å². The first-order chi connectivity index (χ1) is 10.9. The van der Waals surface area contributed by atoms with Crippen LogP contribution in [0, 0.1) is 12.8 Å². The number of aryl methyl sites for hydroxylation is 1. The Morgan fingerprint density at radius 2 is 2.17 bits per heavy atom. The maximum atomic E-state index is 12.9. The lowest BCUT2D eigenvalue weighted by molar-refractivity contribution is -0.123. The molecule has 23 heavy (non-hydrogen) atoms. The summed E-state index contributed by atoms with van der Waals surface area (Å²) in [7, 11) is 0. The molecule has 0 unspecified atom stereocenters. The van der Waals surface area contributed by atoms with Crippen LogP contribution in [0.1, 0.15) is 35.6 Å². The lowest BCUT2D eigenvalue weighted by Crippen LogP contribution is -2.44. The number of halogens is 2. The van der Waals surface area contributed by atoms with Gasteiger partial charge in [-0.1, -0.05) is 0 Å². The lowest BCUT2D eigenvalue weighted by atomic mass is 9.97. The van der Waals surface area contributed by atoms with Crippen LogP contribution in [0.15, 0.2) is 12.1 Å². The fourth-order valence-corrected chi connectivity index (χ4v) is 2.90. The van der Waals surface area contributed by atoms with Crippen LogP contribution >= 0.6 is 0 Å². The molecule has 0 aromatic carbocycles. The van der Waals surface area contributed by atoms with Gasteiger partial charge in [-0.25, -0.2) is 0 Å². The second kappa shape index (κ2) is 7.54. The topological polar surface area (TPSA) is 80.4 Å². The molecule has 0 spiro atoms. The third-order valence-electron chi connectivity index (χ3n) is 4.17. The number of likely N-dealkylation sites (tertiary alicyclic amines) is 1. The summed E-state index contributed by atoms with van der Waals surface area (Å²) in [6, 6.07) is 2.88. The number of alkyl halides is 2. The summed E-state index contributed by atoms with van der Waals surface area (Å²) in [4.78, 5) is 25.3. The zero-order valence-corrected chi connectivity index (χ0v) is 13.1. The minimum Gasteiger partial charge on any atom is -0.369 e. The summed E-state index contributed by atoms with van der Waals surface area (Å²) < 4.78 is 26.6. The smallest absolute Gasteiger partial charge is 0.319 e. The van der Waals surface area contributed by atoms with Crippen molar-refractivity contribution in [3.05, 3.63) is 23.5 Å². The van der Waals surface area contributed by atoms with Crippen molar-refractivity contribution in [3.63, 3.8) is 0 Å². The summed E-state index contributed by atoms with van der Waals surface area (Å²) in [5.74, 6) is -0.982. The number of carbonyl (C=O) groups is 2. The summed E-state index contributed by atoms with van der Waals surface area (Å²) in [5.41, 5.74) is 5.61. The van der Waals surface area contributed by atoms with Crippen LogP contribution < -0.4 is 11.1 Å². The van der Waals surface area contributed by atoms with E-state index in [1.807, 2.05) is 0 Å². The van der Waals surface area contributed by atoms with Crippen molar-refractivity contribution in [2.45, 2.75) is 26.3 Å². The molecule has 2 heterocycles. The minimum absolute atomic E-state index is 0.0499. The van der Waals surface area contributed by atoms with Gasteiger partial charge in [-0.3, -0.25) is 14.2 Å². The molecule has 1 aromatic heterocycles. The van der Waals surface area contributed by atoms with Gasteiger partial charge in [-0.15, -0.1) is 0 Å². The predicted octanol–water partition coefficient (Wildman–Crippen LogP) is 1.12. The van der Waals surface area contributed by atoms with Crippen LogP contribution in [-0.4, -0.2) is 47.5 Å². The molecule has 0 aliphatic carbocycles. The Balaban J connectivity index is 1.84. The van der Waals surface area contributed by atoms with Crippen LogP contribution in [0.4, 0.5) is 8.78 Å². The molecule has 128 valence electrons. The highest BCUT2D eigenvalue weighted by atomic mass is 19.3. The molecule has 0 radical (unpaired) electrons. The average Bonchev–Trinajstić information content (AvgIpc) is 2.89. The molecule has 1 atom stereocenters. The van der Waals surface area contributed by atoms with E-state index in [0.717, 1.165) is 19.4 Å². The van der Waals surface area contributed by atoms with E-state index in [1.165, 1.54) is 19.1 Å². The molecular weight excluding hydrogens is 306 g/mol. The molecule has 6 nitrogen and oxygen atoms in total. The van der Waals surface area contributed by atoms with Gasteiger partial charge < -0.3 is 16.0 Å². The zero-order valence-electron chi connectivity index (χ0n) is 13.1. The average molecular weight is 328 g/mol. The number of aromatic nitrogens is 1. The van der Waals surface area contributed by atoms with Crippen LogP contribution in [0.25, 0.3) is 0 Å². The van der Waals surface area contributed by atoms with Crippen molar-refractivity contribution in [2.24, 2.45) is 11.7 Å². The summed E-state index contributed by atoms with van der Waals surface area (Å²) >= 11 is 0. The number of amides is 2. The largest absolute Gasteiger partial charge is 0.369 e. The van der Waals surface area contributed by atoms with Crippen LogP contribution in [0.3, 0.4) is 0 Å². The van der Waals surface area contributed by atoms with E-state index in [0.29, 0.717) is 29.9 Å². The number of hydrogen-bond donors (Lipinski definition) is 2. The Labute approximate surface area is 133 Å². The van der Waals surface area contributed by atoms with Crippen molar-refractivity contribution < 1.29 is 18.4 Å². The molecule has 0 bridgehead atoms. The van der Waals surface area contributed by atoms with Crippen molar-refractivity contribution in [1.82, 2.24) is 14.8 Å². The van der Waals surface area contributed by atoms with Crippen LogP contribution in [-0.2, 0) is 4.79 Å². The predicted molar refractivity (Wildman–Crippen MR) is 81.1 cm³/mol. The van der Waals surface area contributed by atoms with Gasteiger partial charge in [0.05, 0.1) is 5.92 Å². The molecule has 3 N–H and O–H groups in total. The van der Waals surface area contributed by atoms with Gasteiger partial charge in [0.2, 0.25) is 5.91 Å². The number of carbonyl (C=O) groups excluding carboxylic acids is 2. The standard InChI is InChI=1S/C15H22F2N4O2/c1-10-4-5-12(21(10)15(16)17)14(23)19-6-8-20-7-2-3-11(9-20)13(18)22/h4-5,11,15H,2-3,6-9H2,1H3,(H2,18,22)(H,19,23)/t11-/m1/s1. The Morgan fingerprint density at radius 3 is 2.83 bits per heavy atom. The molecule has 1 aliphatic heterocycles. The molecule has 1 aliphatic rings. The Kier molecular flexibility index (Phi) is 5.70. The SMILES string of the molecule is Cc1ccc(C(=O)NCCN2CCC[C@@H](C(N)=O)C2)n1C(F)F. The number of piperidine rings is 1. The van der Waals surface area contributed by atoms with Gasteiger partial charge in [0.15, 0.2) is 0 Å². The number of rotatable bonds is 6. The zero-order chi connectivity index (χ0) is 17.0. The van der Waals surface area contributed by atoms with E-state index in [9.17, 15) is 18.4 Å². The van der Waals surface area contributed by atoms with E-state index in [-0.39, 0.29) is 17.5 Å². The second-order valence-corrected chi connectivity index (χ2v) is 5.81. The molecule has 2 rings (SSSR count). The monoisotopic (exact) mass is 328 g/mol. The van der Waals surface area contributed by atoms with Crippen molar-refractivity contribution in [3.8, 4) is 0 Å². The molecule has 8 heteroatoms. The Morgan fingerprint density at radius 1 is 1.43 bits per heavy atom. The number of nitrogens with two attached hydrogens (primary N) is 1. The molecular formula is C15H22F2N4O2. The summed E-state index contributed by atoms with van der Waals surface area (Å²) in [6.45, 7) is 1.09. The molecule has 0 saturated carbocycles. The Bertz CT molecular complexity index is 574. The van der Waals surface area contributed by atoms with Gasteiger partial charge in [0, 0.05) is 25.3 Å². The van der Waals surface area contributed by atoms with Crippen molar-refractivity contribution in [1.29, 1.82) is 0 Å². The normalized spacial score (nSPS) is 19.0. The molecule has 1 aromatic rings. The van der Waals surface area contributed by atoms with E-state index >= 15 is 0 Å². The third-order valence-corrected chi connectivity index (χ3v) is 4.17. The highest BCUT2D eigenvalue weighted by molar-refractivity contribution is 5.92. The summed E-state index contributed by atoms with van der Waals surface area (Å²) in [6.07, 6.45) is 1.67. The van der Waals surface area contributed by atoms with E-state index < -0.39 is 12.5 Å². The van der Waals surface area contributed by atoms with E-state index in [1.54, 1.807) is 0 Å². The van der Waals surface area contributed by atoms with Gasteiger partial charge in [-0.05, 0) is 38.4 Å².